The van der Waals surface area contributed by atoms with E-state index in [9.17, 15) is 19.2 Å². The van der Waals surface area contributed by atoms with E-state index >= 15 is 0 Å². The molecule has 6 rings (SSSR count). The van der Waals surface area contributed by atoms with Crippen LogP contribution in [0.1, 0.15) is 41.0 Å². The lowest BCUT2D eigenvalue weighted by molar-refractivity contribution is -0.136. The van der Waals surface area contributed by atoms with Crippen molar-refractivity contribution < 1.29 is 28.7 Å². The molecule has 1 saturated heterocycles. The second-order valence-electron chi connectivity index (χ2n) is 11.9. The number of benzene rings is 3. The first kappa shape index (κ1) is 31.4. The van der Waals surface area contributed by atoms with Crippen molar-refractivity contribution in [2.45, 2.75) is 53.5 Å². The van der Waals surface area contributed by atoms with Gasteiger partial charge in [-0.25, -0.2) is 4.79 Å². The smallest absolute Gasteiger partial charge is 0.405 e. The Morgan fingerprint density at radius 3 is 2.52 bits per heavy atom. The van der Waals surface area contributed by atoms with Crippen molar-refractivity contribution in [2.75, 3.05) is 25.4 Å². The highest BCUT2D eigenvalue weighted by Gasteiger charge is 2.57. The maximum atomic E-state index is 14.3. The van der Waals surface area contributed by atoms with Crippen molar-refractivity contribution in [3.8, 4) is 11.5 Å². The molecule has 3 aliphatic rings. The van der Waals surface area contributed by atoms with Gasteiger partial charge in [0.25, 0.3) is 5.91 Å². The van der Waals surface area contributed by atoms with Crippen LogP contribution in [0.4, 0.5) is 10.5 Å². The summed E-state index contributed by atoms with van der Waals surface area (Å²) < 4.78 is 10.6. The van der Waals surface area contributed by atoms with E-state index < -0.39 is 47.1 Å². The van der Waals surface area contributed by atoms with E-state index in [-0.39, 0.29) is 18.5 Å². The zero-order chi connectivity index (χ0) is 32.7. The molecule has 9 N–H and O–H groups in total. The minimum Gasteiger partial charge on any atom is -0.457 e. The summed E-state index contributed by atoms with van der Waals surface area (Å²) in [6.45, 7) is 2.12. The molecule has 0 bridgehead atoms. The number of carbonyl (C=O) groups excluding carboxylic acids is 4. The fourth-order valence-electron chi connectivity index (χ4n) is 6.79. The van der Waals surface area contributed by atoms with Gasteiger partial charge < -0.3 is 42.6 Å². The molecular weight excluding hydrogens is 608 g/mol. The molecule has 1 fully saturated rings. The third-order valence-corrected chi connectivity index (χ3v) is 10.4. The highest BCUT2D eigenvalue weighted by Crippen LogP contribution is 2.56. The number of ketones is 1. The van der Waals surface area contributed by atoms with Crippen LogP contribution in [0.2, 0.25) is 0 Å². The fourth-order valence-corrected chi connectivity index (χ4v) is 8.25. The SMILES string of the molecule is Cc1cc(Oc2ccccc2)ccc1[C@]1(N)C(=O)[C@H](N)[C@H]2c3c1ccc(N)c3S[C@H]2C(=O)N[C@@H]1CCCN(C(=O)COC(N)=O)C1. The number of nitrogens with one attached hydrogen (secondary N) is 1. The van der Waals surface area contributed by atoms with Crippen molar-refractivity contribution in [1.29, 1.82) is 0 Å². The summed E-state index contributed by atoms with van der Waals surface area (Å²) in [5.74, 6) is -0.487. The lowest BCUT2D eigenvalue weighted by Gasteiger charge is -2.42. The molecular formula is C33H36N6O6S. The number of ether oxygens (including phenoxy) is 2. The zero-order valence-corrected chi connectivity index (χ0v) is 26.0. The number of primary amides is 1. The van der Waals surface area contributed by atoms with Crippen LogP contribution < -0.4 is 33.0 Å². The van der Waals surface area contributed by atoms with E-state index in [2.05, 4.69) is 10.1 Å². The number of Topliss-reactive ketones (excluding diaryl/α,β-unsaturated/α-hetero) is 1. The number of nitrogen functional groups attached to an aromatic ring is 1. The Balaban J connectivity index is 1.26. The Morgan fingerprint density at radius 1 is 1.07 bits per heavy atom. The van der Waals surface area contributed by atoms with Gasteiger partial charge in [0, 0.05) is 35.6 Å². The predicted molar refractivity (Wildman–Crippen MR) is 172 cm³/mol. The van der Waals surface area contributed by atoms with Crippen molar-refractivity contribution in [3.05, 3.63) is 82.9 Å². The van der Waals surface area contributed by atoms with Crippen LogP contribution in [-0.4, -0.2) is 65.6 Å². The van der Waals surface area contributed by atoms with Gasteiger partial charge in [-0.2, -0.15) is 0 Å². The van der Waals surface area contributed by atoms with E-state index in [0.717, 1.165) is 5.56 Å². The molecule has 0 saturated carbocycles. The van der Waals surface area contributed by atoms with Crippen LogP contribution in [0.5, 0.6) is 11.5 Å². The molecule has 240 valence electrons. The van der Waals surface area contributed by atoms with Crippen LogP contribution in [0, 0.1) is 6.92 Å². The molecule has 2 heterocycles. The highest BCUT2D eigenvalue weighted by atomic mass is 32.2. The molecule has 0 unspecified atom stereocenters. The van der Waals surface area contributed by atoms with Crippen LogP contribution >= 0.6 is 11.8 Å². The Labute approximate surface area is 270 Å². The van der Waals surface area contributed by atoms with Crippen molar-refractivity contribution in [2.24, 2.45) is 17.2 Å². The summed E-state index contributed by atoms with van der Waals surface area (Å²) in [6.07, 6.45) is 0.263. The monoisotopic (exact) mass is 644 g/mol. The van der Waals surface area contributed by atoms with Crippen molar-refractivity contribution in [1.82, 2.24) is 10.2 Å². The average molecular weight is 645 g/mol. The first-order valence-corrected chi connectivity index (χ1v) is 15.9. The Hall–Kier alpha value is -4.59. The number of piperidine rings is 1. The van der Waals surface area contributed by atoms with E-state index in [0.29, 0.717) is 58.2 Å². The molecule has 12 nitrogen and oxygen atoms in total. The Kier molecular flexibility index (Phi) is 8.40. The average Bonchev–Trinajstić information content (AvgIpc) is 3.45. The topological polar surface area (TPSA) is 206 Å². The molecule has 1 aliphatic carbocycles. The molecule has 0 radical (unpaired) electrons. The summed E-state index contributed by atoms with van der Waals surface area (Å²) in [5, 5.41) is 2.32. The predicted octanol–water partition coefficient (Wildman–Crippen LogP) is 2.24. The van der Waals surface area contributed by atoms with Crippen molar-refractivity contribution >= 4 is 41.1 Å². The Bertz CT molecular complexity index is 1720. The minimum absolute atomic E-state index is 0.245. The summed E-state index contributed by atoms with van der Waals surface area (Å²) in [4.78, 5) is 53.7. The lowest BCUT2D eigenvalue weighted by atomic mass is 9.64. The third kappa shape index (κ3) is 5.54. The summed E-state index contributed by atoms with van der Waals surface area (Å²) in [5.41, 5.74) is 26.7. The molecule has 13 heteroatoms. The Morgan fingerprint density at radius 2 is 1.80 bits per heavy atom. The van der Waals surface area contributed by atoms with Gasteiger partial charge in [-0.1, -0.05) is 30.3 Å². The number of rotatable bonds is 7. The van der Waals surface area contributed by atoms with Gasteiger partial charge in [0.1, 0.15) is 17.0 Å². The second-order valence-corrected chi connectivity index (χ2v) is 13.0. The molecule has 2 aliphatic heterocycles. The van der Waals surface area contributed by atoms with Gasteiger partial charge in [-0.3, -0.25) is 14.4 Å². The summed E-state index contributed by atoms with van der Waals surface area (Å²) in [6, 6.07) is 16.8. The zero-order valence-electron chi connectivity index (χ0n) is 25.2. The molecule has 0 aromatic heterocycles. The first-order valence-electron chi connectivity index (χ1n) is 15.0. The highest BCUT2D eigenvalue weighted by molar-refractivity contribution is 8.01. The summed E-state index contributed by atoms with van der Waals surface area (Å²) in [7, 11) is 0. The number of nitrogens with two attached hydrogens (primary N) is 4. The van der Waals surface area contributed by atoms with Crippen LogP contribution in [0.15, 0.2) is 65.6 Å². The standard InChI is InChI=1S/C33H36N6O6S/c1-17-14-20(45-19-7-3-2-4-8-19)9-10-21(17)33(37)22-11-12-23(34)28-25(22)26(27(35)30(33)41)29(46-28)31(42)38-18-6-5-13-39(15-18)24(40)16-44-32(36)43/h2-4,7-12,14,18,26-27,29H,5-6,13,15-16,34-35,37H2,1H3,(H2,36,43)(H,38,42)/t18-,26-,27-,29-,33-/m1/s1. The molecule has 5 atom stereocenters. The number of hydrogen-bond donors (Lipinski definition) is 5. The molecule has 0 spiro atoms. The van der Waals surface area contributed by atoms with E-state index in [4.69, 9.17) is 27.7 Å². The van der Waals surface area contributed by atoms with Gasteiger partial charge in [-0.15, -0.1) is 11.8 Å². The number of aryl methyl sites for hydroxylation is 1. The number of likely N-dealkylation sites (tertiary alicyclic amines) is 1. The summed E-state index contributed by atoms with van der Waals surface area (Å²) >= 11 is 1.28. The largest absolute Gasteiger partial charge is 0.457 e. The molecule has 3 amide bonds. The number of thioether (sulfide) groups is 1. The number of anilines is 1. The van der Waals surface area contributed by atoms with Gasteiger partial charge >= 0.3 is 6.09 Å². The third-order valence-electron chi connectivity index (χ3n) is 8.95. The van der Waals surface area contributed by atoms with Gasteiger partial charge in [0.2, 0.25) is 5.91 Å². The van der Waals surface area contributed by atoms with E-state index in [1.807, 2.05) is 43.3 Å². The van der Waals surface area contributed by atoms with E-state index in [1.165, 1.54) is 16.7 Å². The van der Waals surface area contributed by atoms with Crippen LogP contribution in [0.25, 0.3) is 0 Å². The number of nitrogens with zero attached hydrogens (tertiary/aromatic N) is 1. The van der Waals surface area contributed by atoms with Gasteiger partial charge in [-0.05, 0) is 72.4 Å². The molecule has 46 heavy (non-hydrogen) atoms. The lowest BCUT2D eigenvalue weighted by Crippen LogP contribution is -2.61. The maximum absolute atomic E-state index is 14.3. The molecule has 3 aromatic rings. The minimum atomic E-state index is -1.58. The van der Waals surface area contributed by atoms with Crippen LogP contribution in [-0.2, 0) is 24.7 Å². The number of hydrogen-bond acceptors (Lipinski definition) is 10. The normalized spacial score (nSPS) is 25.0. The van der Waals surface area contributed by atoms with Gasteiger partial charge in [0.05, 0.1) is 11.3 Å². The number of carbonyl (C=O) groups is 4. The van der Waals surface area contributed by atoms with Crippen molar-refractivity contribution in [3.63, 3.8) is 0 Å². The van der Waals surface area contributed by atoms with E-state index in [1.54, 1.807) is 24.3 Å². The number of amides is 3. The number of para-hydroxylation sites is 1. The van der Waals surface area contributed by atoms with Gasteiger partial charge in [0.15, 0.2) is 12.4 Å². The van der Waals surface area contributed by atoms with Crippen LogP contribution in [0.3, 0.4) is 0 Å². The molecule has 3 aromatic carbocycles. The second kappa shape index (κ2) is 12.3. The fraction of sp³-hybridized carbons (Fsp3) is 0.333. The first-order chi connectivity index (χ1) is 22.0. The quantitative estimate of drug-likeness (QED) is 0.237. The maximum Gasteiger partial charge on any atom is 0.405 e.